The van der Waals surface area contributed by atoms with Crippen molar-refractivity contribution in [2.24, 2.45) is 0 Å². The number of nitrogens with one attached hydrogen (secondary N) is 1. The fraction of sp³-hybridized carbons (Fsp3) is 0.667. The van der Waals surface area contributed by atoms with E-state index < -0.39 is 5.54 Å². The van der Waals surface area contributed by atoms with Gasteiger partial charge >= 0.3 is 5.97 Å². The molecule has 1 N–H and O–H groups in total. The number of hydrogen-bond acceptors (Lipinski definition) is 4. The maximum absolute atomic E-state index is 11.3. The molecule has 4 heteroatoms. The Morgan fingerprint density at radius 3 is 2.62 bits per heavy atom. The van der Waals surface area contributed by atoms with Gasteiger partial charge < -0.3 is 9.47 Å². The highest BCUT2D eigenvalue weighted by Gasteiger charge is 2.33. The summed E-state index contributed by atoms with van der Waals surface area (Å²) in [6.07, 6.45) is 5.07. The van der Waals surface area contributed by atoms with Gasteiger partial charge in [0.25, 0.3) is 0 Å². The minimum absolute atomic E-state index is 0.224. The fourth-order valence-corrected chi connectivity index (χ4v) is 0.942. The topological polar surface area (TPSA) is 47.6 Å². The van der Waals surface area contributed by atoms with Crippen LogP contribution in [-0.2, 0) is 14.3 Å². The van der Waals surface area contributed by atoms with Gasteiger partial charge in [-0.25, -0.2) is 4.79 Å². The van der Waals surface area contributed by atoms with E-state index in [1.165, 1.54) is 14.2 Å². The van der Waals surface area contributed by atoms with E-state index in [0.29, 0.717) is 6.54 Å². The maximum atomic E-state index is 11.3. The Balaban J connectivity index is 4.34. The van der Waals surface area contributed by atoms with E-state index in [9.17, 15) is 4.79 Å². The van der Waals surface area contributed by atoms with Gasteiger partial charge in [0.05, 0.1) is 20.3 Å². The number of carbonyl (C=O) groups is 1. The zero-order valence-electron chi connectivity index (χ0n) is 8.22. The number of esters is 1. The van der Waals surface area contributed by atoms with Crippen molar-refractivity contribution in [2.75, 3.05) is 27.4 Å². The monoisotopic (exact) mass is 185 g/mol. The van der Waals surface area contributed by atoms with Crippen molar-refractivity contribution < 1.29 is 14.3 Å². The van der Waals surface area contributed by atoms with Gasteiger partial charge in [0.15, 0.2) is 0 Å². The zero-order valence-corrected chi connectivity index (χ0v) is 8.22. The standard InChI is InChI=1S/C9H15NO3/c1-5-6-10-9(2,7-12-3)8(11)13-4/h1,10H,6-7H2,2-4H3. The van der Waals surface area contributed by atoms with Crippen molar-refractivity contribution in [3.8, 4) is 12.3 Å². The molecule has 0 rings (SSSR count). The molecule has 0 heterocycles. The van der Waals surface area contributed by atoms with Crippen LogP contribution in [0, 0.1) is 12.3 Å². The van der Waals surface area contributed by atoms with Crippen LogP contribution in [0.5, 0.6) is 0 Å². The first-order chi connectivity index (χ1) is 6.10. The van der Waals surface area contributed by atoms with Crippen molar-refractivity contribution in [3.63, 3.8) is 0 Å². The summed E-state index contributed by atoms with van der Waals surface area (Å²) < 4.78 is 9.51. The molecule has 0 aliphatic heterocycles. The lowest BCUT2D eigenvalue weighted by molar-refractivity contribution is -0.150. The van der Waals surface area contributed by atoms with Crippen LogP contribution in [0.25, 0.3) is 0 Å². The molecule has 0 amide bonds. The lowest BCUT2D eigenvalue weighted by Gasteiger charge is -2.25. The molecule has 0 saturated heterocycles. The van der Waals surface area contributed by atoms with Crippen LogP contribution in [0.1, 0.15) is 6.92 Å². The number of rotatable bonds is 5. The van der Waals surface area contributed by atoms with E-state index in [1.54, 1.807) is 6.92 Å². The third kappa shape index (κ3) is 3.45. The highest BCUT2D eigenvalue weighted by molar-refractivity contribution is 5.80. The van der Waals surface area contributed by atoms with Crippen molar-refractivity contribution in [2.45, 2.75) is 12.5 Å². The molecule has 0 radical (unpaired) electrons. The van der Waals surface area contributed by atoms with Gasteiger partial charge in [0, 0.05) is 7.11 Å². The molecule has 0 aliphatic rings. The largest absolute Gasteiger partial charge is 0.468 e. The third-order valence-corrected chi connectivity index (χ3v) is 1.65. The maximum Gasteiger partial charge on any atom is 0.328 e. The smallest absolute Gasteiger partial charge is 0.328 e. The molecule has 0 bridgehead atoms. The van der Waals surface area contributed by atoms with Crippen LogP contribution in [0.3, 0.4) is 0 Å². The van der Waals surface area contributed by atoms with Gasteiger partial charge in [-0.15, -0.1) is 6.42 Å². The molecule has 4 nitrogen and oxygen atoms in total. The van der Waals surface area contributed by atoms with Gasteiger partial charge in [0.1, 0.15) is 5.54 Å². The predicted molar refractivity (Wildman–Crippen MR) is 49.1 cm³/mol. The summed E-state index contributed by atoms with van der Waals surface area (Å²) in [6, 6.07) is 0. The van der Waals surface area contributed by atoms with Gasteiger partial charge in [-0.05, 0) is 6.92 Å². The number of carbonyl (C=O) groups excluding carboxylic acids is 1. The number of terminal acetylenes is 1. The Morgan fingerprint density at radius 1 is 1.62 bits per heavy atom. The van der Waals surface area contributed by atoms with E-state index in [0.717, 1.165) is 0 Å². The fourth-order valence-electron chi connectivity index (χ4n) is 0.942. The average Bonchev–Trinajstić information content (AvgIpc) is 2.14. The molecule has 0 spiro atoms. The SMILES string of the molecule is C#CCNC(C)(COC)C(=O)OC. The Kier molecular flexibility index (Phi) is 5.12. The summed E-state index contributed by atoms with van der Waals surface area (Å²) in [5.41, 5.74) is -0.865. The Bertz CT molecular complexity index is 209. The van der Waals surface area contributed by atoms with Crippen LogP contribution < -0.4 is 5.32 Å². The molecule has 0 aliphatic carbocycles. The van der Waals surface area contributed by atoms with Crippen molar-refractivity contribution in [1.82, 2.24) is 5.32 Å². The summed E-state index contributed by atoms with van der Waals surface area (Å²) in [4.78, 5) is 11.3. The molecule has 0 aromatic rings. The highest BCUT2D eigenvalue weighted by atomic mass is 16.5. The summed E-state index contributed by atoms with van der Waals surface area (Å²) in [5.74, 6) is 2.00. The second-order valence-electron chi connectivity index (χ2n) is 2.81. The zero-order chi connectivity index (χ0) is 10.3. The Morgan fingerprint density at radius 2 is 2.23 bits per heavy atom. The van der Waals surface area contributed by atoms with Crippen LogP contribution in [-0.4, -0.2) is 38.9 Å². The first-order valence-electron chi connectivity index (χ1n) is 3.86. The molecular weight excluding hydrogens is 170 g/mol. The van der Waals surface area contributed by atoms with Gasteiger partial charge in [-0.2, -0.15) is 0 Å². The molecule has 74 valence electrons. The summed E-state index contributed by atoms with van der Waals surface area (Å²) in [6.45, 7) is 2.20. The van der Waals surface area contributed by atoms with Crippen LogP contribution >= 0.6 is 0 Å². The minimum Gasteiger partial charge on any atom is -0.468 e. The second kappa shape index (κ2) is 5.57. The number of hydrogen-bond donors (Lipinski definition) is 1. The molecule has 0 aromatic heterocycles. The Hall–Kier alpha value is -1.05. The molecule has 13 heavy (non-hydrogen) atoms. The second-order valence-corrected chi connectivity index (χ2v) is 2.81. The lowest BCUT2D eigenvalue weighted by Crippen LogP contribution is -2.53. The van der Waals surface area contributed by atoms with Crippen LogP contribution in [0.4, 0.5) is 0 Å². The van der Waals surface area contributed by atoms with E-state index >= 15 is 0 Å². The number of ether oxygens (including phenoxy) is 2. The predicted octanol–water partition coefficient (Wildman–Crippen LogP) is -0.213. The van der Waals surface area contributed by atoms with E-state index in [-0.39, 0.29) is 12.6 Å². The normalized spacial score (nSPS) is 14.3. The van der Waals surface area contributed by atoms with E-state index in [2.05, 4.69) is 16.0 Å². The van der Waals surface area contributed by atoms with Crippen molar-refractivity contribution in [1.29, 1.82) is 0 Å². The third-order valence-electron chi connectivity index (χ3n) is 1.65. The summed E-state index contributed by atoms with van der Waals surface area (Å²) in [7, 11) is 2.84. The number of methoxy groups -OCH3 is 2. The van der Waals surface area contributed by atoms with Gasteiger partial charge in [0.2, 0.25) is 0 Å². The minimum atomic E-state index is -0.865. The van der Waals surface area contributed by atoms with Crippen LogP contribution in [0.15, 0.2) is 0 Å². The Labute approximate surface area is 78.6 Å². The molecule has 1 unspecified atom stereocenters. The van der Waals surface area contributed by atoms with E-state index in [4.69, 9.17) is 11.2 Å². The summed E-state index contributed by atoms with van der Waals surface area (Å²) in [5, 5.41) is 2.86. The molecule has 1 atom stereocenters. The first kappa shape index (κ1) is 11.9. The molecular formula is C9H15NO3. The average molecular weight is 185 g/mol. The van der Waals surface area contributed by atoms with Gasteiger partial charge in [-0.3, -0.25) is 5.32 Å². The van der Waals surface area contributed by atoms with Gasteiger partial charge in [-0.1, -0.05) is 5.92 Å². The first-order valence-corrected chi connectivity index (χ1v) is 3.86. The molecule has 0 saturated carbocycles. The van der Waals surface area contributed by atoms with Crippen LogP contribution in [0.2, 0.25) is 0 Å². The molecule has 0 aromatic carbocycles. The van der Waals surface area contributed by atoms with Crippen molar-refractivity contribution in [3.05, 3.63) is 0 Å². The molecule has 0 fully saturated rings. The highest BCUT2D eigenvalue weighted by Crippen LogP contribution is 2.05. The van der Waals surface area contributed by atoms with E-state index in [1.807, 2.05) is 0 Å². The quantitative estimate of drug-likeness (QED) is 0.475. The van der Waals surface area contributed by atoms with Crippen molar-refractivity contribution >= 4 is 5.97 Å². The lowest BCUT2D eigenvalue weighted by atomic mass is 10.0. The summed E-state index contributed by atoms with van der Waals surface area (Å²) >= 11 is 0.